The zero-order chi connectivity index (χ0) is 23.0. The van der Waals surface area contributed by atoms with Gasteiger partial charge in [0.1, 0.15) is 5.70 Å². The van der Waals surface area contributed by atoms with E-state index in [-0.39, 0.29) is 11.8 Å². The van der Waals surface area contributed by atoms with Crippen LogP contribution in [0.2, 0.25) is 5.02 Å². The van der Waals surface area contributed by atoms with Gasteiger partial charge >= 0.3 is 0 Å². The molecule has 4 nitrogen and oxygen atoms in total. The molecule has 1 heterocycles. The summed E-state index contributed by atoms with van der Waals surface area (Å²) >= 11 is 6.22. The van der Waals surface area contributed by atoms with Crippen molar-refractivity contribution in [2.45, 2.75) is 27.3 Å². The standard InChI is InChI=1S/C27H25ClN2O2/c1-17-10-13-22(19(3)14-17)24-25(29(4)16-20-8-6-5-7-9-20)27(32)30(26(24)31)23-15-21(28)12-11-18(23)2/h5-15H,16H2,1-4H3. The molecule has 0 saturated carbocycles. The van der Waals surface area contributed by atoms with Crippen LogP contribution in [-0.2, 0) is 16.1 Å². The van der Waals surface area contributed by atoms with Crippen molar-refractivity contribution in [3.05, 3.63) is 105 Å². The molecular formula is C27H25ClN2O2. The highest BCUT2D eigenvalue weighted by Crippen LogP contribution is 2.38. The number of carbonyl (C=O) groups excluding carboxylic acids is 2. The Balaban J connectivity index is 1.87. The van der Waals surface area contributed by atoms with Gasteiger partial charge in [-0.05, 0) is 55.2 Å². The van der Waals surface area contributed by atoms with Gasteiger partial charge in [-0.1, -0.05) is 71.8 Å². The highest BCUT2D eigenvalue weighted by atomic mass is 35.5. The fourth-order valence-electron chi connectivity index (χ4n) is 4.19. The van der Waals surface area contributed by atoms with Crippen molar-refractivity contribution >= 4 is 34.7 Å². The van der Waals surface area contributed by atoms with E-state index < -0.39 is 0 Å². The SMILES string of the molecule is Cc1ccc(C2=C(N(C)Cc3ccccc3)C(=O)N(c3cc(Cl)ccc3C)C2=O)c(C)c1. The van der Waals surface area contributed by atoms with Gasteiger partial charge in [-0.3, -0.25) is 9.59 Å². The number of carbonyl (C=O) groups is 2. The van der Waals surface area contributed by atoms with Crippen LogP contribution in [-0.4, -0.2) is 23.8 Å². The van der Waals surface area contributed by atoms with Crippen molar-refractivity contribution in [3.8, 4) is 0 Å². The van der Waals surface area contributed by atoms with Crippen LogP contribution in [0.5, 0.6) is 0 Å². The summed E-state index contributed by atoms with van der Waals surface area (Å²) in [5, 5.41) is 0.477. The molecule has 0 spiro atoms. The molecule has 1 aliphatic heterocycles. The fraction of sp³-hybridized carbons (Fsp3) is 0.185. The van der Waals surface area contributed by atoms with E-state index in [9.17, 15) is 9.59 Å². The molecule has 3 aromatic carbocycles. The number of hydrogen-bond donors (Lipinski definition) is 0. The molecule has 0 bridgehead atoms. The minimum Gasteiger partial charge on any atom is -0.365 e. The van der Waals surface area contributed by atoms with Gasteiger partial charge in [0.15, 0.2) is 0 Å². The summed E-state index contributed by atoms with van der Waals surface area (Å²) in [6, 6.07) is 21.1. The third-order valence-corrected chi connectivity index (χ3v) is 6.00. The molecular weight excluding hydrogens is 420 g/mol. The molecule has 0 fully saturated rings. The monoisotopic (exact) mass is 444 g/mol. The lowest BCUT2D eigenvalue weighted by Crippen LogP contribution is -2.34. The van der Waals surface area contributed by atoms with Crippen LogP contribution in [0.25, 0.3) is 5.57 Å². The smallest absolute Gasteiger partial charge is 0.282 e. The number of aryl methyl sites for hydroxylation is 3. The molecule has 0 aliphatic carbocycles. The van der Waals surface area contributed by atoms with Gasteiger partial charge < -0.3 is 4.90 Å². The zero-order valence-corrected chi connectivity index (χ0v) is 19.4. The Bertz CT molecular complexity index is 1250. The second-order valence-electron chi connectivity index (χ2n) is 8.26. The number of amides is 2. The molecule has 0 N–H and O–H groups in total. The first-order valence-corrected chi connectivity index (χ1v) is 10.9. The van der Waals surface area contributed by atoms with E-state index in [0.717, 1.165) is 27.8 Å². The number of benzene rings is 3. The summed E-state index contributed by atoms with van der Waals surface area (Å²) in [6.45, 7) is 6.35. The molecule has 2 amide bonds. The number of anilines is 1. The normalized spacial score (nSPS) is 13.8. The molecule has 0 atom stereocenters. The molecule has 162 valence electrons. The predicted molar refractivity (Wildman–Crippen MR) is 129 cm³/mol. The second-order valence-corrected chi connectivity index (χ2v) is 8.70. The van der Waals surface area contributed by atoms with E-state index in [0.29, 0.717) is 28.5 Å². The Morgan fingerprint density at radius 1 is 0.844 bits per heavy atom. The van der Waals surface area contributed by atoms with Crippen molar-refractivity contribution in [1.82, 2.24) is 4.90 Å². The first kappa shape index (κ1) is 21.8. The third kappa shape index (κ3) is 3.94. The largest absolute Gasteiger partial charge is 0.365 e. The van der Waals surface area contributed by atoms with Gasteiger partial charge in [-0.15, -0.1) is 0 Å². The molecule has 0 aromatic heterocycles. The number of imide groups is 1. The number of nitrogens with zero attached hydrogens (tertiary/aromatic N) is 2. The maximum absolute atomic E-state index is 13.8. The van der Waals surface area contributed by atoms with Crippen molar-refractivity contribution in [2.75, 3.05) is 11.9 Å². The maximum atomic E-state index is 13.8. The van der Waals surface area contributed by atoms with E-state index in [2.05, 4.69) is 0 Å². The molecule has 0 unspecified atom stereocenters. The van der Waals surface area contributed by atoms with E-state index in [1.807, 2.05) is 87.3 Å². The highest BCUT2D eigenvalue weighted by molar-refractivity contribution is 6.46. The van der Waals surface area contributed by atoms with Gasteiger partial charge in [-0.2, -0.15) is 0 Å². The number of rotatable bonds is 5. The van der Waals surface area contributed by atoms with Crippen LogP contribution < -0.4 is 4.90 Å². The summed E-state index contributed by atoms with van der Waals surface area (Å²) in [7, 11) is 1.85. The Labute approximate surface area is 193 Å². The second kappa shape index (κ2) is 8.64. The van der Waals surface area contributed by atoms with Gasteiger partial charge in [0, 0.05) is 18.6 Å². The lowest BCUT2D eigenvalue weighted by Gasteiger charge is -2.22. The van der Waals surface area contributed by atoms with Crippen LogP contribution in [0, 0.1) is 20.8 Å². The quantitative estimate of drug-likeness (QED) is 0.475. The van der Waals surface area contributed by atoms with E-state index in [1.54, 1.807) is 12.1 Å². The Hall–Kier alpha value is -3.37. The van der Waals surface area contributed by atoms with Gasteiger partial charge in [-0.25, -0.2) is 4.90 Å². The summed E-state index contributed by atoms with van der Waals surface area (Å²) in [4.78, 5) is 30.6. The van der Waals surface area contributed by atoms with Crippen molar-refractivity contribution in [2.24, 2.45) is 0 Å². The summed E-state index contributed by atoms with van der Waals surface area (Å²) in [5.41, 5.74) is 6.02. The van der Waals surface area contributed by atoms with Crippen molar-refractivity contribution < 1.29 is 9.59 Å². The number of hydrogen-bond acceptors (Lipinski definition) is 3. The van der Waals surface area contributed by atoms with Gasteiger partial charge in [0.25, 0.3) is 11.8 Å². The first-order chi connectivity index (χ1) is 15.3. The zero-order valence-electron chi connectivity index (χ0n) is 18.6. The van der Waals surface area contributed by atoms with Crippen LogP contribution >= 0.6 is 11.6 Å². The van der Waals surface area contributed by atoms with E-state index in [1.165, 1.54) is 4.90 Å². The Morgan fingerprint density at radius 2 is 1.56 bits per heavy atom. The third-order valence-electron chi connectivity index (χ3n) is 5.77. The first-order valence-electron chi connectivity index (χ1n) is 10.5. The maximum Gasteiger partial charge on any atom is 0.282 e. The van der Waals surface area contributed by atoms with Gasteiger partial charge in [0.05, 0.1) is 11.3 Å². The van der Waals surface area contributed by atoms with Crippen LogP contribution in [0.1, 0.15) is 27.8 Å². The van der Waals surface area contributed by atoms with Crippen LogP contribution in [0.3, 0.4) is 0 Å². The molecule has 3 aromatic rings. The molecule has 5 heteroatoms. The minimum absolute atomic E-state index is 0.331. The van der Waals surface area contributed by atoms with Crippen molar-refractivity contribution in [1.29, 1.82) is 0 Å². The molecule has 32 heavy (non-hydrogen) atoms. The van der Waals surface area contributed by atoms with E-state index in [4.69, 9.17) is 11.6 Å². The average Bonchev–Trinajstić information content (AvgIpc) is 3.01. The molecule has 0 radical (unpaired) electrons. The molecule has 0 saturated heterocycles. The minimum atomic E-state index is -0.339. The predicted octanol–water partition coefficient (Wildman–Crippen LogP) is 5.68. The number of likely N-dealkylation sites (N-methyl/N-ethyl adjacent to an activating group) is 1. The van der Waals surface area contributed by atoms with Crippen LogP contribution in [0.4, 0.5) is 5.69 Å². The summed E-state index contributed by atoms with van der Waals surface area (Å²) in [5.74, 6) is -0.670. The number of halogens is 1. The fourth-order valence-corrected chi connectivity index (χ4v) is 4.35. The lowest BCUT2D eigenvalue weighted by atomic mass is 9.97. The van der Waals surface area contributed by atoms with E-state index >= 15 is 0 Å². The highest BCUT2D eigenvalue weighted by Gasteiger charge is 2.42. The van der Waals surface area contributed by atoms with Crippen molar-refractivity contribution in [3.63, 3.8) is 0 Å². The van der Waals surface area contributed by atoms with Crippen LogP contribution in [0.15, 0.2) is 72.4 Å². The molecule has 4 rings (SSSR count). The Morgan fingerprint density at radius 3 is 2.25 bits per heavy atom. The summed E-state index contributed by atoms with van der Waals surface area (Å²) in [6.07, 6.45) is 0. The molecule has 1 aliphatic rings. The average molecular weight is 445 g/mol. The summed E-state index contributed by atoms with van der Waals surface area (Å²) < 4.78 is 0. The van der Waals surface area contributed by atoms with Gasteiger partial charge in [0.2, 0.25) is 0 Å². The Kier molecular flexibility index (Phi) is 5.90. The topological polar surface area (TPSA) is 40.6 Å². The lowest BCUT2D eigenvalue weighted by molar-refractivity contribution is -0.120.